The van der Waals surface area contributed by atoms with Crippen molar-refractivity contribution < 1.29 is 32.2 Å². The molecule has 0 bridgehead atoms. The molecule has 9 heteroatoms. The molecule has 27 heavy (non-hydrogen) atoms. The van der Waals surface area contributed by atoms with Crippen LogP contribution < -0.4 is 10.1 Å². The van der Waals surface area contributed by atoms with Crippen molar-refractivity contribution in [1.29, 1.82) is 0 Å². The highest BCUT2D eigenvalue weighted by Gasteiger charge is 2.54. The number of morpholine rings is 1. The number of alkyl halides is 3. The quantitative estimate of drug-likeness (QED) is 0.800. The Balaban J connectivity index is 1.64. The van der Waals surface area contributed by atoms with E-state index in [0.29, 0.717) is 38.2 Å². The monoisotopic (exact) mass is 386 g/mol. The molecule has 0 saturated carbocycles. The van der Waals surface area contributed by atoms with Crippen molar-refractivity contribution in [3.8, 4) is 5.75 Å². The fraction of sp³-hybridized carbons (Fsp3) is 0.611. The van der Waals surface area contributed by atoms with Crippen LogP contribution in [-0.4, -0.2) is 62.2 Å². The molecule has 2 atom stereocenters. The lowest BCUT2D eigenvalue weighted by molar-refractivity contribution is -0.274. The van der Waals surface area contributed by atoms with E-state index in [9.17, 15) is 18.0 Å². The summed E-state index contributed by atoms with van der Waals surface area (Å²) in [5.74, 6) is -0.679. The van der Waals surface area contributed by atoms with Gasteiger partial charge in [-0.1, -0.05) is 12.1 Å². The first-order chi connectivity index (χ1) is 12.8. The molecule has 6 nitrogen and oxygen atoms in total. The summed E-state index contributed by atoms with van der Waals surface area (Å²) < 4.78 is 52.5. The molecule has 3 saturated heterocycles. The lowest BCUT2D eigenvalue weighted by Gasteiger charge is -2.47. The van der Waals surface area contributed by atoms with Crippen LogP contribution in [0.5, 0.6) is 5.75 Å². The standard InChI is InChI=1S/C18H21F3N2O4/c19-18(20,21)27-14-3-1-13(2-4-14)17(6-9-25-15(17)24)23-8-10-26-16(12-23)5-7-22-11-16/h1-4,22H,5-12H2. The second kappa shape index (κ2) is 6.65. The number of carbonyl (C=O) groups excluding carboxylic acids is 1. The first kappa shape index (κ1) is 18.5. The van der Waals surface area contributed by atoms with Crippen LogP contribution in [0.25, 0.3) is 0 Å². The van der Waals surface area contributed by atoms with Crippen molar-refractivity contribution in [1.82, 2.24) is 10.2 Å². The zero-order valence-electron chi connectivity index (χ0n) is 14.7. The van der Waals surface area contributed by atoms with Gasteiger partial charge in [0.2, 0.25) is 0 Å². The average molecular weight is 386 g/mol. The maximum Gasteiger partial charge on any atom is 0.573 e. The smallest absolute Gasteiger partial charge is 0.464 e. The SMILES string of the molecule is O=C1OCCC1(c1ccc(OC(F)(F)F)cc1)N1CCOC2(CCNC2)C1. The van der Waals surface area contributed by atoms with Crippen LogP contribution in [0.3, 0.4) is 0 Å². The third-order valence-corrected chi connectivity index (χ3v) is 5.59. The maximum atomic E-state index is 12.8. The summed E-state index contributed by atoms with van der Waals surface area (Å²) in [4.78, 5) is 14.8. The largest absolute Gasteiger partial charge is 0.573 e. The van der Waals surface area contributed by atoms with Gasteiger partial charge in [-0.25, -0.2) is 4.79 Å². The first-order valence-electron chi connectivity index (χ1n) is 8.96. The Morgan fingerprint density at radius 1 is 1.15 bits per heavy atom. The normalized spacial score (nSPS) is 32.0. The van der Waals surface area contributed by atoms with Crippen molar-refractivity contribution in [3.63, 3.8) is 0 Å². The summed E-state index contributed by atoms with van der Waals surface area (Å²) in [6.07, 6.45) is -3.45. The third kappa shape index (κ3) is 3.39. The van der Waals surface area contributed by atoms with Gasteiger partial charge in [0.15, 0.2) is 0 Å². The van der Waals surface area contributed by atoms with Crippen LogP contribution in [0.1, 0.15) is 18.4 Å². The van der Waals surface area contributed by atoms with Crippen LogP contribution in [0.15, 0.2) is 24.3 Å². The van der Waals surface area contributed by atoms with Gasteiger partial charge in [-0.15, -0.1) is 13.2 Å². The Labute approximate surface area is 154 Å². The zero-order valence-corrected chi connectivity index (χ0v) is 14.7. The van der Waals surface area contributed by atoms with Gasteiger partial charge < -0.3 is 19.5 Å². The predicted octanol–water partition coefficient (Wildman–Crippen LogP) is 1.79. The molecule has 0 aliphatic carbocycles. The first-order valence-corrected chi connectivity index (χ1v) is 8.96. The molecule has 0 amide bonds. The molecular formula is C18H21F3N2O4. The Kier molecular flexibility index (Phi) is 4.56. The van der Waals surface area contributed by atoms with Crippen LogP contribution in [0.4, 0.5) is 13.2 Å². The van der Waals surface area contributed by atoms with Gasteiger partial charge in [-0.2, -0.15) is 0 Å². The molecule has 3 aliphatic rings. The maximum absolute atomic E-state index is 12.8. The Morgan fingerprint density at radius 2 is 1.93 bits per heavy atom. The zero-order chi connectivity index (χ0) is 19.1. The van der Waals surface area contributed by atoms with E-state index in [0.717, 1.165) is 13.0 Å². The van der Waals surface area contributed by atoms with Crippen LogP contribution >= 0.6 is 0 Å². The van der Waals surface area contributed by atoms with Crippen LogP contribution in [0, 0.1) is 0 Å². The Morgan fingerprint density at radius 3 is 2.52 bits per heavy atom. The third-order valence-electron chi connectivity index (χ3n) is 5.59. The van der Waals surface area contributed by atoms with Gasteiger partial charge in [-0.05, 0) is 30.7 Å². The van der Waals surface area contributed by atoms with Gasteiger partial charge in [-0.3, -0.25) is 4.90 Å². The summed E-state index contributed by atoms with van der Waals surface area (Å²) in [6.45, 7) is 3.46. The highest BCUT2D eigenvalue weighted by molar-refractivity contribution is 5.84. The molecule has 1 spiro atoms. The average Bonchev–Trinajstić information content (AvgIpc) is 3.22. The van der Waals surface area contributed by atoms with E-state index in [1.165, 1.54) is 24.3 Å². The molecule has 0 radical (unpaired) electrons. The van der Waals surface area contributed by atoms with E-state index < -0.39 is 11.9 Å². The van der Waals surface area contributed by atoms with Crippen molar-refractivity contribution in [2.45, 2.75) is 30.3 Å². The molecular weight excluding hydrogens is 365 g/mol. The van der Waals surface area contributed by atoms with Gasteiger partial charge in [0.25, 0.3) is 0 Å². The van der Waals surface area contributed by atoms with Gasteiger partial charge in [0.05, 0.1) is 18.8 Å². The number of cyclic esters (lactones) is 1. The molecule has 3 fully saturated rings. The van der Waals surface area contributed by atoms with E-state index in [2.05, 4.69) is 15.0 Å². The number of halogens is 3. The molecule has 148 valence electrons. The fourth-order valence-corrected chi connectivity index (χ4v) is 4.33. The fourth-order valence-electron chi connectivity index (χ4n) is 4.33. The lowest BCUT2D eigenvalue weighted by Crippen LogP contribution is -2.61. The number of benzene rings is 1. The molecule has 1 aromatic carbocycles. The summed E-state index contributed by atoms with van der Waals surface area (Å²) >= 11 is 0. The van der Waals surface area contributed by atoms with Crippen molar-refractivity contribution in [2.75, 3.05) is 39.4 Å². The molecule has 1 N–H and O–H groups in total. The van der Waals surface area contributed by atoms with E-state index in [1.807, 2.05) is 0 Å². The highest BCUT2D eigenvalue weighted by Crippen LogP contribution is 2.42. The molecule has 1 aromatic rings. The lowest BCUT2D eigenvalue weighted by atomic mass is 9.84. The van der Waals surface area contributed by atoms with Crippen LogP contribution in [-0.2, 0) is 19.8 Å². The second-order valence-corrected chi connectivity index (χ2v) is 7.20. The topological polar surface area (TPSA) is 60.0 Å². The molecule has 4 rings (SSSR count). The summed E-state index contributed by atoms with van der Waals surface area (Å²) in [5.41, 5.74) is -0.730. The van der Waals surface area contributed by atoms with Gasteiger partial charge in [0.1, 0.15) is 11.3 Å². The summed E-state index contributed by atoms with van der Waals surface area (Å²) in [6, 6.07) is 5.51. The van der Waals surface area contributed by atoms with Gasteiger partial charge >= 0.3 is 12.3 Å². The molecule has 3 aliphatic heterocycles. The van der Waals surface area contributed by atoms with E-state index in [1.54, 1.807) is 0 Å². The number of ether oxygens (including phenoxy) is 3. The summed E-state index contributed by atoms with van der Waals surface area (Å²) in [5, 5.41) is 3.30. The Hall–Kier alpha value is -1.84. The number of esters is 1. The number of hydrogen-bond donors (Lipinski definition) is 1. The molecule has 0 aromatic heterocycles. The highest BCUT2D eigenvalue weighted by atomic mass is 19.4. The van der Waals surface area contributed by atoms with E-state index in [-0.39, 0.29) is 23.9 Å². The predicted molar refractivity (Wildman–Crippen MR) is 88.1 cm³/mol. The van der Waals surface area contributed by atoms with E-state index in [4.69, 9.17) is 9.47 Å². The van der Waals surface area contributed by atoms with Gasteiger partial charge in [0, 0.05) is 26.1 Å². The van der Waals surface area contributed by atoms with Crippen molar-refractivity contribution in [2.24, 2.45) is 0 Å². The minimum atomic E-state index is -4.75. The van der Waals surface area contributed by atoms with Crippen molar-refractivity contribution in [3.05, 3.63) is 29.8 Å². The minimum absolute atomic E-state index is 0.280. The summed E-state index contributed by atoms with van der Waals surface area (Å²) in [7, 11) is 0. The van der Waals surface area contributed by atoms with Crippen molar-refractivity contribution >= 4 is 5.97 Å². The number of hydrogen-bond acceptors (Lipinski definition) is 6. The molecule has 2 unspecified atom stereocenters. The number of nitrogens with zero attached hydrogens (tertiary/aromatic N) is 1. The molecule has 3 heterocycles. The Bertz CT molecular complexity index is 704. The number of nitrogens with one attached hydrogen (secondary N) is 1. The second-order valence-electron chi connectivity index (χ2n) is 7.20. The number of rotatable bonds is 3. The van der Waals surface area contributed by atoms with E-state index >= 15 is 0 Å². The number of carbonyl (C=O) groups is 1. The minimum Gasteiger partial charge on any atom is -0.464 e. The van der Waals surface area contributed by atoms with Crippen LogP contribution in [0.2, 0.25) is 0 Å².